The molecular weight excluding hydrogens is 454 g/mol. The average molecular weight is 478 g/mol. The number of anilines is 2. The van der Waals surface area contributed by atoms with Gasteiger partial charge in [0.1, 0.15) is 11.5 Å². The molecule has 3 rings (SSSR count). The summed E-state index contributed by atoms with van der Waals surface area (Å²) < 4.78 is 15.5. The molecule has 1 heterocycles. The van der Waals surface area contributed by atoms with Gasteiger partial charge in [0.05, 0.1) is 41.1 Å². The zero-order chi connectivity index (χ0) is 24.0. The molecule has 1 aliphatic heterocycles. The number of halogens is 1. The number of hydrogen-bond donors (Lipinski definition) is 1. The third kappa shape index (κ3) is 5.83. The minimum atomic E-state index is -0.824. The molecule has 0 spiro atoms. The second-order valence-electron chi connectivity index (χ2n) is 7.32. The smallest absolute Gasteiger partial charge is 0.341 e. The highest BCUT2D eigenvalue weighted by Gasteiger charge is 2.23. The molecule has 176 valence electrons. The SMILES string of the molecule is COc1cc(NC(=O)COC(=O)c2cc([N+](=O)[O-])ccc2N2CCCCC2)c(OC)cc1Cl. The minimum absolute atomic E-state index is 0.0460. The Kier molecular flexibility index (Phi) is 7.94. The number of carbonyl (C=O) groups excluding carboxylic acids is 2. The van der Waals surface area contributed by atoms with Gasteiger partial charge in [-0.1, -0.05) is 11.6 Å². The fraction of sp³-hybridized carbons (Fsp3) is 0.364. The van der Waals surface area contributed by atoms with Gasteiger partial charge in [0.25, 0.3) is 11.6 Å². The van der Waals surface area contributed by atoms with Gasteiger partial charge in [-0.15, -0.1) is 0 Å². The van der Waals surface area contributed by atoms with E-state index in [1.54, 1.807) is 6.07 Å². The summed E-state index contributed by atoms with van der Waals surface area (Å²) in [6, 6.07) is 7.04. The number of rotatable bonds is 8. The third-order valence-electron chi connectivity index (χ3n) is 5.19. The van der Waals surface area contributed by atoms with Gasteiger partial charge in [-0.3, -0.25) is 14.9 Å². The van der Waals surface area contributed by atoms with Crippen LogP contribution in [0, 0.1) is 10.1 Å². The van der Waals surface area contributed by atoms with Crippen LogP contribution >= 0.6 is 11.6 Å². The Morgan fingerprint density at radius 1 is 1.09 bits per heavy atom. The van der Waals surface area contributed by atoms with Crippen LogP contribution in [0.15, 0.2) is 30.3 Å². The normalized spacial score (nSPS) is 13.2. The molecule has 2 aromatic carbocycles. The van der Waals surface area contributed by atoms with E-state index in [-0.39, 0.29) is 16.9 Å². The molecule has 1 amide bonds. The molecule has 1 N–H and O–H groups in total. The summed E-state index contributed by atoms with van der Waals surface area (Å²) >= 11 is 6.06. The van der Waals surface area contributed by atoms with Crippen molar-refractivity contribution in [3.05, 3.63) is 51.0 Å². The number of piperidine rings is 1. The maximum absolute atomic E-state index is 12.8. The average Bonchev–Trinajstić information content (AvgIpc) is 2.83. The van der Waals surface area contributed by atoms with E-state index < -0.39 is 23.4 Å². The lowest BCUT2D eigenvalue weighted by Gasteiger charge is -2.30. The highest BCUT2D eigenvalue weighted by molar-refractivity contribution is 6.32. The molecule has 0 bridgehead atoms. The number of carbonyl (C=O) groups is 2. The van der Waals surface area contributed by atoms with Gasteiger partial charge in [0.15, 0.2) is 6.61 Å². The summed E-state index contributed by atoms with van der Waals surface area (Å²) in [5.74, 6) is -0.829. The van der Waals surface area contributed by atoms with Gasteiger partial charge in [-0.25, -0.2) is 4.79 Å². The molecule has 10 nitrogen and oxygen atoms in total. The Balaban J connectivity index is 1.74. The Morgan fingerprint density at radius 3 is 2.42 bits per heavy atom. The summed E-state index contributed by atoms with van der Waals surface area (Å²) in [6.07, 6.45) is 3.00. The highest BCUT2D eigenvalue weighted by Crippen LogP contribution is 2.36. The lowest BCUT2D eigenvalue weighted by molar-refractivity contribution is -0.384. The van der Waals surface area contributed by atoms with E-state index in [0.717, 1.165) is 32.4 Å². The van der Waals surface area contributed by atoms with Crippen LogP contribution in [0.4, 0.5) is 17.1 Å². The molecule has 0 unspecified atom stereocenters. The maximum atomic E-state index is 12.8. The molecular formula is C22H24ClN3O7. The van der Waals surface area contributed by atoms with Gasteiger partial charge >= 0.3 is 5.97 Å². The number of nitrogens with one attached hydrogen (secondary N) is 1. The van der Waals surface area contributed by atoms with E-state index in [0.29, 0.717) is 22.2 Å². The van der Waals surface area contributed by atoms with Crippen molar-refractivity contribution in [1.82, 2.24) is 0 Å². The van der Waals surface area contributed by atoms with Gasteiger partial charge < -0.3 is 24.4 Å². The number of amides is 1. The van der Waals surface area contributed by atoms with E-state index in [9.17, 15) is 19.7 Å². The van der Waals surface area contributed by atoms with Crippen molar-refractivity contribution in [1.29, 1.82) is 0 Å². The monoisotopic (exact) mass is 477 g/mol. The van der Waals surface area contributed by atoms with Crippen molar-refractivity contribution in [2.75, 3.05) is 44.1 Å². The molecule has 0 atom stereocenters. The van der Waals surface area contributed by atoms with Crippen molar-refractivity contribution in [2.24, 2.45) is 0 Å². The number of hydrogen-bond acceptors (Lipinski definition) is 8. The lowest BCUT2D eigenvalue weighted by atomic mass is 10.1. The van der Waals surface area contributed by atoms with Gasteiger partial charge in [-0.2, -0.15) is 0 Å². The summed E-state index contributed by atoms with van der Waals surface area (Å²) in [7, 11) is 2.85. The van der Waals surface area contributed by atoms with E-state index in [2.05, 4.69) is 5.32 Å². The number of nitrogens with zero attached hydrogens (tertiary/aromatic N) is 2. The zero-order valence-electron chi connectivity index (χ0n) is 18.3. The number of esters is 1. The van der Waals surface area contributed by atoms with Crippen molar-refractivity contribution in [3.63, 3.8) is 0 Å². The van der Waals surface area contributed by atoms with Crippen LogP contribution in [0.3, 0.4) is 0 Å². The van der Waals surface area contributed by atoms with E-state index in [4.69, 9.17) is 25.8 Å². The molecule has 33 heavy (non-hydrogen) atoms. The van der Waals surface area contributed by atoms with Crippen LogP contribution in [0.2, 0.25) is 5.02 Å². The molecule has 0 aromatic heterocycles. The topological polar surface area (TPSA) is 120 Å². The fourth-order valence-corrected chi connectivity index (χ4v) is 3.80. The van der Waals surface area contributed by atoms with Crippen LogP contribution in [0.5, 0.6) is 11.5 Å². The van der Waals surface area contributed by atoms with Crippen molar-refractivity contribution < 1.29 is 28.7 Å². The van der Waals surface area contributed by atoms with Crippen molar-refractivity contribution in [2.45, 2.75) is 19.3 Å². The lowest BCUT2D eigenvalue weighted by Crippen LogP contribution is -2.31. The number of ether oxygens (including phenoxy) is 3. The number of nitro benzene ring substituents is 1. The molecule has 1 saturated heterocycles. The Morgan fingerprint density at radius 2 is 1.79 bits per heavy atom. The molecule has 0 aliphatic carbocycles. The molecule has 0 radical (unpaired) electrons. The second kappa shape index (κ2) is 10.9. The zero-order valence-corrected chi connectivity index (χ0v) is 19.0. The number of non-ortho nitro benzene ring substituents is 1. The molecule has 1 fully saturated rings. The number of nitro groups is 1. The van der Waals surface area contributed by atoms with Gasteiger partial charge in [-0.05, 0) is 25.3 Å². The first-order valence-electron chi connectivity index (χ1n) is 10.3. The second-order valence-corrected chi connectivity index (χ2v) is 7.72. The van der Waals surface area contributed by atoms with Crippen molar-refractivity contribution in [3.8, 4) is 11.5 Å². The molecule has 1 aliphatic rings. The first-order valence-corrected chi connectivity index (χ1v) is 10.6. The molecule has 2 aromatic rings. The van der Waals surface area contributed by atoms with Crippen LogP contribution in [0.1, 0.15) is 29.6 Å². The third-order valence-corrected chi connectivity index (χ3v) is 5.49. The van der Waals surface area contributed by atoms with Gasteiger partial charge in [0, 0.05) is 37.4 Å². The van der Waals surface area contributed by atoms with E-state index in [1.807, 2.05) is 4.90 Å². The Labute approximate surface area is 195 Å². The van der Waals surface area contributed by atoms with Crippen LogP contribution < -0.4 is 19.7 Å². The quantitative estimate of drug-likeness (QED) is 0.343. The first-order chi connectivity index (χ1) is 15.8. The molecule has 0 saturated carbocycles. The van der Waals surface area contributed by atoms with E-state index in [1.165, 1.54) is 38.5 Å². The summed E-state index contributed by atoms with van der Waals surface area (Å²) in [4.78, 5) is 37.8. The van der Waals surface area contributed by atoms with Crippen LogP contribution in [0.25, 0.3) is 0 Å². The number of methoxy groups -OCH3 is 2. The van der Waals surface area contributed by atoms with Crippen LogP contribution in [-0.4, -0.2) is 50.7 Å². The minimum Gasteiger partial charge on any atom is -0.495 e. The van der Waals surface area contributed by atoms with Crippen LogP contribution in [-0.2, 0) is 9.53 Å². The molecule has 11 heteroatoms. The largest absolute Gasteiger partial charge is 0.495 e. The Hall–Kier alpha value is -3.53. The highest BCUT2D eigenvalue weighted by atomic mass is 35.5. The Bertz CT molecular complexity index is 1050. The fourth-order valence-electron chi connectivity index (χ4n) is 3.56. The summed E-state index contributed by atoms with van der Waals surface area (Å²) in [6.45, 7) is 0.864. The standard InChI is InChI=1S/C22H24ClN3O7/c1-31-19-12-17(20(32-2)11-16(19)23)24-21(27)13-33-22(28)15-10-14(26(29)30)6-7-18(15)25-8-4-3-5-9-25/h6-7,10-12H,3-5,8-9,13H2,1-2H3,(H,24,27). The van der Waals surface area contributed by atoms with Crippen molar-refractivity contribution >= 4 is 40.5 Å². The predicted molar refractivity (Wildman–Crippen MR) is 123 cm³/mol. The predicted octanol–water partition coefficient (Wildman–Crippen LogP) is 4.05. The number of benzene rings is 2. The maximum Gasteiger partial charge on any atom is 0.341 e. The summed E-state index contributed by atoms with van der Waals surface area (Å²) in [5, 5.41) is 14.1. The van der Waals surface area contributed by atoms with E-state index >= 15 is 0 Å². The van der Waals surface area contributed by atoms with Gasteiger partial charge in [0.2, 0.25) is 0 Å². The summed E-state index contributed by atoms with van der Waals surface area (Å²) in [5.41, 5.74) is 0.647. The first kappa shape index (κ1) is 24.1.